The largest absolute Gasteiger partial charge is 0.318 e. The number of carbonyl (C=O) groups excluding carboxylic acids is 1. The summed E-state index contributed by atoms with van der Waals surface area (Å²) in [5.74, 6) is -0.565. The van der Waals surface area contributed by atoms with Crippen LogP contribution in [0.25, 0.3) is 5.69 Å². The van der Waals surface area contributed by atoms with Gasteiger partial charge in [0.05, 0.1) is 16.8 Å². The maximum atomic E-state index is 13.6. The quantitative estimate of drug-likeness (QED) is 0.210. The highest BCUT2D eigenvalue weighted by Crippen LogP contribution is 2.26. The molecule has 0 aliphatic carbocycles. The fourth-order valence-electron chi connectivity index (χ4n) is 4.52. The predicted molar refractivity (Wildman–Crippen MR) is 158 cm³/mol. The minimum absolute atomic E-state index is 0.108. The molecule has 1 heterocycles. The summed E-state index contributed by atoms with van der Waals surface area (Å²) in [6.45, 7) is 9.15. The number of hydrogen-bond donors (Lipinski definition) is 1. The Hall–Kier alpha value is -3.88. The molecule has 4 rings (SSSR count). The first-order valence-corrected chi connectivity index (χ1v) is 14.2. The van der Waals surface area contributed by atoms with E-state index in [4.69, 9.17) is 11.6 Å². The number of amides is 1. The predicted octanol–water partition coefficient (Wildman–Crippen LogP) is 6.02. The second kappa shape index (κ2) is 11.5. The van der Waals surface area contributed by atoms with Crippen molar-refractivity contribution in [3.05, 3.63) is 111 Å². The van der Waals surface area contributed by atoms with E-state index in [9.17, 15) is 13.2 Å². The van der Waals surface area contributed by atoms with Crippen LogP contribution in [0.3, 0.4) is 0 Å². The summed E-state index contributed by atoms with van der Waals surface area (Å²) in [5, 5.41) is 4.77. The molecule has 1 N–H and O–H groups in total. The number of halogens is 1. The van der Waals surface area contributed by atoms with Crippen molar-refractivity contribution < 1.29 is 13.2 Å². The Morgan fingerprint density at radius 2 is 1.59 bits per heavy atom. The van der Waals surface area contributed by atoms with Crippen molar-refractivity contribution in [1.29, 1.82) is 0 Å². The van der Waals surface area contributed by atoms with Crippen molar-refractivity contribution in [1.82, 2.24) is 9.99 Å². The van der Waals surface area contributed by atoms with Gasteiger partial charge in [-0.2, -0.15) is 5.10 Å². The zero-order chi connectivity index (χ0) is 28.3. The van der Waals surface area contributed by atoms with Crippen LogP contribution in [0.2, 0.25) is 5.02 Å². The topological polar surface area (TPSA) is 83.8 Å². The fourth-order valence-corrected chi connectivity index (χ4v) is 6.11. The number of nitrogens with zero attached hydrogens (tertiary/aromatic N) is 3. The molecule has 7 nitrogen and oxygen atoms in total. The van der Waals surface area contributed by atoms with Crippen LogP contribution in [0.4, 0.5) is 5.69 Å². The highest BCUT2D eigenvalue weighted by molar-refractivity contribution is 7.92. The van der Waals surface area contributed by atoms with Gasteiger partial charge in [-0.3, -0.25) is 9.10 Å². The van der Waals surface area contributed by atoms with Gasteiger partial charge in [0, 0.05) is 27.7 Å². The molecule has 0 bridgehead atoms. The van der Waals surface area contributed by atoms with Crippen molar-refractivity contribution in [3.8, 4) is 5.69 Å². The lowest BCUT2D eigenvalue weighted by Gasteiger charge is -2.24. The minimum atomic E-state index is -4.01. The summed E-state index contributed by atoms with van der Waals surface area (Å²) in [4.78, 5) is 13.1. The van der Waals surface area contributed by atoms with Gasteiger partial charge in [-0.1, -0.05) is 41.4 Å². The number of nitrogens with one attached hydrogen (secondary N) is 1. The second-order valence-electron chi connectivity index (χ2n) is 9.61. The van der Waals surface area contributed by atoms with Crippen molar-refractivity contribution >= 4 is 39.4 Å². The van der Waals surface area contributed by atoms with Gasteiger partial charge >= 0.3 is 0 Å². The smallest absolute Gasteiger partial charge is 0.264 e. The third kappa shape index (κ3) is 6.41. The Balaban J connectivity index is 1.58. The fraction of sp³-hybridized carbons (Fsp3) is 0.200. The van der Waals surface area contributed by atoms with Gasteiger partial charge < -0.3 is 4.57 Å². The Bertz CT molecular complexity index is 1640. The maximum absolute atomic E-state index is 13.6. The summed E-state index contributed by atoms with van der Waals surface area (Å²) in [6.07, 6.45) is 1.55. The lowest BCUT2D eigenvalue weighted by atomic mass is 10.1. The number of rotatable bonds is 8. The monoisotopic (exact) mass is 562 g/mol. The van der Waals surface area contributed by atoms with Crippen LogP contribution in [0.1, 0.15) is 33.6 Å². The molecule has 4 aromatic rings. The third-order valence-electron chi connectivity index (χ3n) is 6.32. The molecule has 0 radical (unpaired) electrons. The number of benzene rings is 3. The summed E-state index contributed by atoms with van der Waals surface area (Å²) in [6, 6.07) is 21.5. The van der Waals surface area contributed by atoms with E-state index in [1.807, 2.05) is 75.6 Å². The van der Waals surface area contributed by atoms with Crippen LogP contribution >= 0.6 is 11.6 Å². The molecule has 1 amide bonds. The first kappa shape index (κ1) is 28.1. The normalized spacial score (nSPS) is 11.6. The van der Waals surface area contributed by atoms with Crippen LogP contribution < -0.4 is 9.73 Å². The summed E-state index contributed by atoms with van der Waals surface area (Å²) < 4.78 is 30.4. The second-order valence-corrected chi connectivity index (χ2v) is 11.9. The highest BCUT2D eigenvalue weighted by atomic mass is 35.5. The number of hydrogen-bond acceptors (Lipinski definition) is 4. The molecule has 202 valence electrons. The van der Waals surface area contributed by atoms with E-state index in [2.05, 4.69) is 10.5 Å². The number of anilines is 1. The zero-order valence-electron chi connectivity index (χ0n) is 22.6. The number of carbonyl (C=O) groups is 1. The minimum Gasteiger partial charge on any atom is -0.318 e. The van der Waals surface area contributed by atoms with Crippen molar-refractivity contribution in [2.75, 3.05) is 10.8 Å². The lowest BCUT2D eigenvalue weighted by Crippen LogP contribution is -2.39. The summed E-state index contributed by atoms with van der Waals surface area (Å²) in [5.41, 5.74) is 9.26. The highest BCUT2D eigenvalue weighted by Gasteiger charge is 2.27. The van der Waals surface area contributed by atoms with Gasteiger partial charge in [0.2, 0.25) is 0 Å². The molecule has 0 atom stereocenters. The van der Waals surface area contributed by atoms with Crippen LogP contribution in [0.15, 0.2) is 82.8 Å². The summed E-state index contributed by atoms with van der Waals surface area (Å²) in [7, 11) is -4.01. The molecule has 9 heteroatoms. The van der Waals surface area contributed by atoms with Gasteiger partial charge in [0.15, 0.2) is 0 Å². The molecule has 0 aliphatic heterocycles. The van der Waals surface area contributed by atoms with Crippen LogP contribution in [0, 0.1) is 34.6 Å². The van der Waals surface area contributed by atoms with Gasteiger partial charge in [-0.15, -0.1) is 0 Å². The van der Waals surface area contributed by atoms with E-state index < -0.39 is 22.5 Å². The number of aromatic nitrogens is 1. The average Bonchev–Trinajstić information content (AvgIpc) is 3.14. The van der Waals surface area contributed by atoms with Crippen LogP contribution in [-0.2, 0) is 14.8 Å². The Morgan fingerprint density at radius 1 is 0.923 bits per heavy atom. The third-order valence-corrected chi connectivity index (χ3v) is 8.34. The standard InChI is InChI=1S/C30H31ClN4O3S/c1-20-9-11-29(12-10-20)39(37,38)34(28-14-21(2)13-22(3)15-28)19-30(36)33-32-18-25-16-23(4)35(24(25)5)27-8-6-7-26(31)17-27/h6-18H,19H2,1-5H3,(H,33,36)/b32-18-. The van der Waals surface area contributed by atoms with Gasteiger partial charge in [-0.05, 0) is 94.3 Å². The Kier molecular flexibility index (Phi) is 8.28. The molecule has 0 unspecified atom stereocenters. The number of sulfonamides is 1. The molecular formula is C30H31ClN4O3S. The van der Waals surface area contributed by atoms with Gasteiger partial charge in [0.1, 0.15) is 6.54 Å². The molecule has 0 saturated carbocycles. The first-order chi connectivity index (χ1) is 18.5. The van der Waals surface area contributed by atoms with Gasteiger partial charge in [0.25, 0.3) is 15.9 Å². The van der Waals surface area contributed by atoms with Crippen LogP contribution in [0.5, 0.6) is 0 Å². The van der Waals surface area contributed by atoms with E-state index in [-0.39, 0.29) is 4.90 Å². The molecule has 39 heavy (non-hydrogen) atoms. The van der Waals surface area contributed by atoms with E-state index >= 15 is 0 Å². The first-order valence-electron chi connectivity index (χ1n) is 12.4. The van der Waals surface area contributed by atoms with E-state index in [0.29, 0.717) is 10.7 Å². The molecule has 1 aromatic heterocycles. The van der Waals surface area contributed by atoms with Crippen molar-refractivity contribution in [2.45, 2.75) is 39.5 Å². The molecule has 0 aliphatic rings. The lowest BCUT2D eigenvalue weighted by molar-refractivity contribution is -0.119. The maximum Gasteiger partial charge on any atom is 0.264 e. The molecular weight excluding hydrogens is 532 g/mol. The molecule has 3 aromatic carbocycles. The van der Waals surface area contributed by atoms with E-state index in [1.165, 1.54) is 0 Å². The Labute approximate surface area is 234 Å². The SMILES string of the molecule is Cc1ccc(S(=O)(=O)N(CC(=O)N/N=C\c2cc(C)n(-c3cccc(Cl)c3)c2C)c2cc(C)cc(C)c2)cc1. The molecule has 0 spiro atoms. The number of hydrazone groups is 1. The van der Waals surface area contributed by atoms with E-state index in [1.54, 1.807) is 42.6 Å². The molecule has 0 fully saturated rings. The Morgan fingerprint density at radius 3 is 2.23 bits per heavy atom. The van der Waals surface area contributed by atoms with E-state index in [0.717, 1.165) is 43.6 Å². The zero-order valence-corrected chi connectivity index (χ0v) is 24.1. The summed E-state index contributed by atoms with van der Waals surface area (Å²) >= 11 is 6.17. The van der Waals surface area contributed by atoms with Crippen molar-refractivity contribution in [2.24, 2.45) is 5.10 Å². The van der Waals surface area contributed by atoms with Crippen molar-refractivity contribution in [3.63, 3.8) is 0 Å². The van der Waals surface area contributed by atoms with Crippen LogP contribution in [-0.4, -0.2) is 31.7 Å². The average molecular weight is 563 g/mol. The van der Waals surface area contributed by atoms with Gasteiger partial charge in [-0.25, -0.2) is 13.8 Å². The molecule has 0 saturated heterocycles. The number of aryl methyl sites for hydroxylation is 4.